The minimum atomic E-state index is -3.18. The van der Waals surface area contributed by atoms with E-state index in [1.165, 1.54) is 23.1 Å². The van der Waals surface area contributed by atoms with E-state index >= 15 is 0 Å². The fourth-order valence-electron chi connectivity index (χ4n) is 3.17. The monoisotopic (exact) mass is 404 g/mol. The average molecular weight is 404 g/mol. The van der Waals surface area contributed by atoms with E-state index in [0.717, 1.165) is 5.56 Å². The van der Waals surface area contributed by atoms with E-state index in [1.807, 2.05) is 30.3 Å². The summed E-state index contributed by atoms with van der Waals surface area (Å²) in [6, 6.07) is 14.6. The zero-order valence-electron chi connectivity index (χ0n) is 15.1. The van der Waals surface area contributed by atoms with E-state index in [4.69, 9.17) is 4.74 Å². The zero-order chi connectivity index (χ0) is 20.1. The number of amides is 1. The van der Waals surface area contributed by atoms with Crippen molar-refractivity contribution in [3.8, 4) is 5.75 Å². The van der Waals surface area contributed by atoms with E-state index in [2.05, 4.69) is 0 Å². The standard InChI is InChI=1S/C19H20N2O6S/c22-19(13-27-18-9-5-4-8-17(18)21(23)24)20(12-15-6-2-1-3-7-15)16-10-11-28(25,26)14-16/h1-9,16H,10-14H2/t16-/m0/s1. The van der Waals surface area contributed by atoms with Crippen molar-refractivity contribution in [2.75, 3.05) is 18.1 Å². The lowest BCUT2D eigenvalue weighted by Crippen LogP contribution is -2.43. The normalized spacial score (nSPS) is 17.8. The summed E-state index contributed by atoms with van der Waals surface area (Å²) < 4.78 is 29.2. The molecule has 148 valence electrons. The van der Waals surface area contributed by atoms with E-state index in [-0.39, 0.29) is 29.5 Å². The largest absolute Gasteiger partial charge is 0.477 e. The van der Waals surface area contributed by atoms with Gasteiger partial charge in [0.2, 0.25) is 0 Å². The van der Waals surface area contributed by atoms with Crippen LogP contribution in [0.1, 0.15) is 12.0 Å². The molecule has 0 bridgehead atoms. The molecule has 28 heavy (non-hydrogen) atoms. The van der Waals surface area contributed by atoms with Crippen LogP contribution in [0.25, 0.3) is 0 Å². The molecule has 2 aromatic carbocycles. The van der Waals surface area contributed by atoms with E-state index in [1.54, 1.807) is 6.07 Å². The molecule has 0 unspecified atom stereocenters. The molecule has 0 spiro atoms. The summed E-state index contributed by atoms with van der Waals surface area (Å²) in [7, 11) is -3.18. The van der Waals surface area contributed by atoms with Crippen LogP contribution in [0.4, 0.5) is 5.69 Å². The zero-order valence-corrected chi connectivity index (χ0v) is 15.9. The van der Waals surface area contributed by atoms with Gasteiger partial charge < -0.3 is 9.64 Å². The van der Waals surface area contributed by atoms with Crippen molar-refractivity contribution < 1.29 is 22.9 Å². The molecule has 9 heteroatoms. The fourth-order valence-corrected chi connectivity index (χ4v) is 4.91. The number of hydrogen-bond donors (Lipinski definition) is 0. The highest BCUT2D eigenvalue weighted by Crippen LogP contribution is 2.26. The fraction of sp³-hybridized carbons (Fsp3) is 0.316. The molecular weight excluding hydrogens is 384 g/mol. The third-order valence-electron chi connectivity index (χ3n) is 4.58. The van der Waals surface area contributed by atoms with Crippen molar-refractivity contribution in [1.29, 1.82) is 0 Å². The van der Waals surface area contributed by atoms with Gasteiger partial charge in [-0.05, 0) is 18.1 Å². The molecule has 3 rings (SSSR count). The Labute approximate surface area is 162 Å². The minimum Gasteiger partial charge on any atom is -0.477 e. The van der Waals surface area contributed by atoms with Crippen LogP contribution >= 0.6 is 0 Å². The molecule has 1 fully saturated rings. The number of benzene rings is 2. The highest BCUT2D eigenvalue weighted by molar-refractivity contribution is 7.91. The quantitative estimate of drug-likeness (QED) is 0.517. The lowest BCUT2D eigenvalue weighted by atomic mass is 10.1. The maximum Gasteiger partial charge on any atom is 0.310 e. The van der Waals surface area contributed by atoms with Crippen molar-refractivity contribution in [2.45, 2.75) is 19.0 Å². The number of rotatable bonds is 7. The molecule has 0 saturated carbocycles. The second kappa shape index (κ2) is 8.39. The van der Waals surface area contributed by atoms with Crippen LogP contribution in [-0.2, 0) is 21.2 Å². The van der Waals surface area contributed by atoms with Gasteiger partial charge in [0.25, 0.3) is 5.91 Å². The van der Waals surface area contributed by atoms with Gasteiger partial charge in [-0.25, -0.2) is 8.42 Å². The Balaban J connectivity index is 1.76. The van der Waals surface area contributed by atoms with Crippen LogP contribution in [0.2, 0.25) is 0 Å². The number of nitro benzene ring substituents is 1. The number of sulfone groups is 1. The predicted octanol–water partition coefficient (Wildman–Crippen LogP) is 2.19. The van der Waals surface area contributed by atoms with Gasteiger partial charge in [-0.1, -0.05) is 42.5 Å². The van der Waals surface area contributed by atoms with Gasteiger partial charge in [0, 0.05) is 18.7 Å². The number of ether oxygens (including phenoxy) is 1. The molecule has 0 aromatic heterocycles. The first-order valence-corrected chi connectivity index (χ1v) is 10.6. The van der Waals surface area contributed by atoms with E-state index in [9.17, 15) is 23.3 Å². The summed E-state index contributed by atoms with van der Waals surface area (Å²) in [5.41, 5.74) is 0.638. The number of carbonyl (C=O) groups is 1. The molecule has 1 aliphatic rings. The number of para-hydroxylation sites is 2. The molecule has 0 radical (unpaired) electrons. The van der Waals surface area contributed by atoms with Crippen molar-refractivity contribution in [3.63, 3.8) is 0 Å². The Morgan fingerprint density at radius 1 is 1.14 bits per heavy atom. The number of nitrogens with zero attached hydrogens (tertiary/aromatic N) is 2. The van der Waals surface area contributed by atoms with Crippen LogP contribution in [0.3, 0.4) is 0 Å². The Morgan fingerprint density at radius 2 is 1.82 bits per heavy atom. The summed E-state index contributed by atoms with van der Waals surface area (Å²) in [6.45, 7) is -0.158. The maximum atomic E-state index is 12.8. The number of carbonyl (C=O) groups excluding carboxylic acids is 1. The Hall–Kier alpha value is -2.94. The molecule has 1 aliphatic heterocycles. The topological polar surface area (TPSA) is 107 Å². The first-order valence-electron chi connectivity index (χ1n) is 8.76. The molecule has 8 nitrogen and oxygen atoms in total. The van der Waals surface area contributed by atoms with Gasteiger partial charge >= 0.3 is 5.69 Å². The predicted molar refractivity (Wildman–Crippen MR) is 103 cm³/mol. The Morgan fingerprint density at radius 3 is 2.46 bits per heavy atom. The van der Waals surface area contributed by atoms with Gasteiger partial charge in [0.05, 0.1) is 16.4 Å². The van der Waals surface area contributed by atoms with Crippen LogP contribution in [-0.4, -0.2) is 48.3 Å². The van der Waals surface area contributed by atoms with Crippen LogP contribution in [0.15, 0.2) is 54.6 Å². The van der Waals surface area contributed by atoms with Crippen LogP contribution in [0, 0.1) is 10.1 Å². The number of nitro groups is 1. The Kier molecular flexibility index (Phi) is 5.93. The molecule has 1 amide bonds. The molecule has 1 heterocycles. The molecule has 1 saturated heterocycles. The second-order valence-electron chi connectivity index (χ2n) is 6.58. The highest BCUT2D eigenvalue weighted by Gasteiger charge is 2.35. The van der Waals surface area contributed by atoms with Crippen molar-refractivity contribution in [1.82, 2.24) is 4.90 Å². The van der Waals surface area contributed by atoms with Crippen molar-refractivity contribution in [3.05, 3.63) is 70.3 Å². The summed E-state index contributed by atoms with van der Waals surface area (Å²) in [6.07, 6.45) is 0.367. The average Bonchev–Trinajstić information content (AvgIpc) is 3.04. The first kappa shape index (κ1) is 19.8. The highest BCUT2D eigenvalue weighted by atomic mass is 32.2. The Bertz CT molecular complexity index is 961. The summed E-state index contributed by atoms with van der Waals surface area (Å²) in [5, 5.41) is 11.1. The van der Waals surface area contributed by atoms with Gasteiger partial charge in [-0.15, -0.1) is 0 Å². The summed E-state index contributed by atoms with van der Waals surface area (Å²) in [5.74, 6) is -0.457. The third kappa shape index (κ3) is 4.86. The smallest absolute Gasteiger partial charge is 0.310 e. The molecular formula is C19H20N2O6S. The molecule has 0 aliphatic carbocycles. The SMILES string of the molecule is O=C(COc1ccccc1[N+](=O)[O-])N(Cc1ccccc1)[C@H]1CCS(=O)(=O)C1. The lowest BCUT2D eigenvalue weighted by molar-refractivity contribution is -0.385. The van der Waals surface area contributed by atoms with Crippen molar-refractivity contribution in [2.24, 2.45) is 0 Å². The number of hydrogen-bond acceptors (Lipinski definition) is 6. The van der Waals surface area contributed by atoms with Gasteiger partial charge in [-0.3, -0.25) is 14.9 Å². The molecule has 0 N–H and O–H groups in total. The lowest BCUT2D eigenvalue weighted by Gasteiger charge is -2.28. The van der Waals surface area contributed by atoms with E-state index in [0.29, 0.717) is 6.42 Å². The third-order valence-corrected chi connectivity index (χ3v) is 6.33. The second-order valence-corrected chi connectivity index (χ2v) is 8.81. The van der Waals surface area contributed by atoms with E-state index < -0.39 is 33.3 Å². The summed E-state index contributed by atoms with van der Waals surface area (Å²) in [4.78, 5) is 24.8. The summed E-state index contributed by atoms with van der Waals surface area (Å²) >= 11 is 0. The minimum absolute atomic E-state index is 0.000412. The maximum absolute atomic E-state index is 12.8. The van der Waals surface area contributed by atoms with Crippen molar-refractivity contribution >= 4 is 21.4 Å². The van der Waals surface area contributed by atoms with Gasteiger partial charge in [0.1, 0.15) is 0 Å². The van der Waals surface area contributed by atoms with Gasteiger partial charge in [-0.2, -0.15) is 0 Å². The van der Waals surface area contributed by atoms with Gasteiger partial charge in [0.15, 0.2) is 22.2 Å². The molecule has 1 atom stereocenters. The first-order chi connectivity index (χ1) is 13.4. The van der Waals surface area contributed by atoms with Crippen LogP contribution in [0.5, 0.6) is 5.75 Å². The van der Waals surface area contributed by atoms with Crippen LogP contribution < -0.4 is 4.74 Å². The molecule has 2 aromatic rings.